The Bertz CT molecular complexity index is 435. The van der Waals surface area contributed by atoms with Gasteiger partial charge < -0.3 is 15.0 Å². The second-order valence-corrected chi connectivity index (χ2v) is 6.16. The lowest BCUT2D eigenvalue weighted by atomic mass is 10.1. The van der Waals surface area contributed by atoms with Crippen LogP contribution < -0.4 is 10.1 Å². The first-order valence-electron chi connectivity index (χ1n) is 7.59. The molecule has 0 heterocycles. The summed E-state index contributed by atoms with van der Waals surface area (Å²) >= 11 is 0. The number of urea groups is 1. The number of rotatable bonds is 6. The lowest BCUT2D eigenvalue weighted by Crippen LogP contribution is -2.50. The van der Waals surface area contributed by atoms with Gasteiger partial charge in [-0.2, -0.15) is 0 Å². The lowest BCUT2D eigenvalue weighted by Gasteiger charge is -2.34. The van der Waals surface area contributed by atoms with Crippen molar-refractivity contribution in [3.63, 3.8) is 0 Å². The van der Waals surface area contributed by atoms with Crippen molar-refractivity contribution in [2.24, 2.45) is 0 Å². The second kappa shape index (κ2) is 7.91. The Balaban J connectivity index is 2.24. The predicted molar refractivity (Wildman–Crippen MR) is 86.8 cm³/mol. The number of nitrogens with one attached hydrogen (secondary N) is 1. The second-order valence-electron chi connectivity index (χ2n) is 6.16. The maximum atomic E-state index is 12.1. The Morgan fingerprint density at radius 2 is 1.86 bits per heavy atom. The van der Waals surface area contributed by atoms with Gasteiger partial charge in [0.15, 0.2) is 0 Å². The van der Waals surface area contributed by atoms with Crippen molar-refractivity contribution in [3.05, 3.63) is 29.8 Å². The summed E-state index contributed by atoms with van der Waals surface area (Å²) in [6.45, 7) is 12.1. The number of benzene rings is 1. The van der Waals surface area contributed by atoms with Gasteiger partial charge in [0.05, 0.1) is 6.61 Å². The number of aryl methyl sites for hydroxylation is 1. The molecule has 0 saturated carbocycles. The van der Waals surface area contributed by atoms with Crippen molar-refractivity contribution in [1.29, 1.82) is 0 Å². The van der Waals surface area contributed by atoms with E-state index in [9.17, 15) is 4.79 Å². The minimum absolute atomic E-state index is 0.0136. The molecule has 1 aromatic rings. The summed E-state index contributed by atoms with van der Waals surface area (Å²) in [7, 11) is 0. The highest BCUT2D eigenvalue weighted by atomic mass is 16.5. The molecule has 118 valence electrons. The molecule has 0 unspecified atom stereocenters. The highest BCUT2D eigenvalue weighted by molar-refractivity contribution is 5.74. The third-order valence-corrected chi connectivity index (χ3v) is 3.26. The van der Waals surface area contributed by atoms with Crippen LogP contribution in [0.25, 0.3) is 0 Å². The van der Waals surface area contributed by atoms with Crippen LogP contribution in [0.2, 0.25) is 0 Å². The molecule has 1 aromatic carbocycles. The molecular weight excluding hydrogens is 264 g/mol. The lowest BCUT2D eigenvalue weighted by molar-refractivity contribution is 0.149. The maximum Gasteiger partial charge on any atom is 0.317 e. The molecular formula is C17H28N2O2. The Hall–Kier alpha value is -1.71. The van der Waals surface area contributed by atoms with Gasteiger partial charge in [0, 0.05) is 18.6 Å². The van der Waals surface area contributed by atoms with Crippen molar-refractivity contribution in [2.75, 3.05) is 19.7 Å². The highest BCUT2D eigenvalue weighted by Crippen LogP contribution is 2.13. The van der Waals surface area contributed by atoms with E-state index in [1.807, 2.05) is 63.8 Å². The van der Waals surface area contributed by atoms with E-state index >= 15 is 0 Å². The summed E-state index contributed by atoms with van der Waals surface area (Å²) in [4.78, 5) is 13.9. The molecule has 4 heteroatoms. The molecule has 0 aromatic heterocycles. The van der Waals surface area contributed by atoms with Crippen LogP contribution in [0.1, 0.15) is 39.7 Å². The summed E-state index contributed by atoms with van der Waals surface area (Å²) in [5.41, 5.74) is 1.06. The van der Waals surface area contributed by atoms with Crippen LogP contribution in [-0.2, 0) is 0 Å². The van der Waals surface area contributed by atoms with Gasteiger partial charge in [-0.15, -0.1) is 0 Å². The number of carbonyl (C=O) groups excluding carboxylic acids is 1. The normalized spacial score (nSPS) is 11.1. The van der Waals surface area contributed by atoms with Crippen LogP contribution in [0.15, 0.2) is 24.3 Å². The summed E-state index contributed by atoms with van der Waals surface area (Å²) in [6, 6.07) is 7.97. The summed E-state index contributed by atoms with van der Waals surface area (Å²) in [5, 5.41) is 2.94. The van der Waals surface area contributed by atoms with E-state index in [1.165, 1.54) is 5.56 Å². The zero-order chi connectivity index (χ0) is 15.9. The Morgan fingerprint density at radius 3 is 2.38 bits per heavy atom. The van der Waals surface area contributed by atoms with E-state index in [-0.39, 0.29) is 11.6 Å². The van der Waals surface area contributed by atoms with Crippen LogP contribution in [0.3, 0.4) is 0 Å². The first-order valence-corrected chi connectivity index (χ1v) is 7.59. The molecule has 1 N–H and O–H groups in total. The minimum Gasteiger partial charge on any atom is -0.494 e. The van der Waals surface area contributed by atoms with E-state index in [0.717, 1.165) is 12.2 Å². The molecule has 0 spiro atoms. The van der Waals surface area contributed by atoms with Crippen molar-refractivity contribution in [2.45, 2.75) is 46.6 Å². The van der Waals surface area contributed by atoms with Crippen LogP contribution in [0.4, 0.5) is 4.79 Å². The third-order valence-electron chi connectivity index (χ3n) is 3.26. The average molecular weight is 292 g/mol. The first-order chi connectivity index (χ1) is 9.84. The van der Waals surface area contributed by atoms with Gasteiger partial charge in [0.2, 0.25) is 0 Å². The number of ether oxygens (including phenoxy) is 1. The SMILES string of the molecule is CCN(C(=O)NCCCOc1ccc(C)cc1)C(C)(C)C. The fraction of sp³-hybridized carbons (Fsp3) is 0.588. The smallest absolute Gasteiger partial charge is 0.317 e. The van der Waals surface area contributed by atoms with Gasteiger partial charge in [-0.25, -0.2) is 4.79 Å². The van der Waals surface area contributed by atoms with Gasteiger partial charge in [-0.1, -0.05) is 17.7 Å². The fourth-order valence-electron chi connectivity index (χ4n) is 2.11. The molecule has 0 bridgehead atoms. The highest BCUT2D eigenvalue weighted by Gasteiger charge is 2.24. The van der Waals surface area contributed by atoms with Crippen LogP contribution in [-0.4, -0.2) is 36.2 Å². The molecule has 0 saturated heterocycles. The Morgan fingerprint density at radius 1 is 1.24 bits per heavy atom. The molecule has 2 amide bonds. The summed E-state index contributed by atoms with van der Waals surface area (Å²) < 4.78 is 5.63. The Kier molecular flexibility index (Phi) is 6.53. The number of amides is 2. The molecule has 0 aliphatic heterocycles. The number of nitrogens with zero attached hydrogens (tertiary/aromatic N) is 1. The predicted octanol–water partition coefficient (Wildman–Crippen LogP) is 3.59. The van der Waals surface area contributed by atoms with Gasteiger partial charge in [0.1, 0.15) is 5.75 Å². The van der Waals surface area contributed by atoms with Gasteiger partial charge in [-0.3, -0.25) is 0 Å². The Labute approximate surface area is 128 Å². The molecule has 1 rings (SSSR count). The quantitative estimate of drug-likeness (QED) is 0.814. The van der Waals surface area contributed by atoms with Crippen molar-refractivity contribution in [1.82, 2.24) is 10.2 Å². The minimum atomic E-state index is -0.156. The average Bonchev–Trinajstić information content (AvgIpc) is 2.39. The van der Waals surface area contributed by atoms with Crippen LogP contribution >= 0.6 is 0 Å². The van der Waals surface area contributed by atoms with Gasteiger partial charge in [-0.05, 0) is 53.2 Å². The van der Waals surface area contributed by atoms with Crippen molar-refractivity contribution >= 4 is 6.03 Å². The molecule has 0 aliphatic rings. The zero-order valence-corrected chi connectivity index (χ0v) is 13.9. The third kappa shape index (κ3) is 6.06. The van der Waals surface area contributed by atoms with Gasteiger partial charge >= 0.3 is 6.03 Å². The van der Waals surface area contributed by atoms with E-state index in [4.69, 9.17) is 4.74 Å². The fourth-order valence-corrected chi connectivity index (χ4v) is 2.11. The summed E-state index contributed by atoms with van der Waals surface area (Å²) in [6.07, 6.45) is 0.793. The largest absolute Gasteiger partial charge is 0.494 e. The standard InChI is InChI=1S/C17H28N2O2/c1-6-19(17(3,4)5)16(20)18-12-7-13-21-15-10-8-14(2)9-11-15/h8-11H,6-7,12-13H2,1-5H3,(H,18,20). The number of hydrogen-bond donors (Lipinski definition) is 1. The summed E-state index contributed by atoms with van der Waals surface area (Å²) in [5.74, 6) is 0.872. The topological polar surface area (TPSA) is 41.6 Å². The van der Waals surface area contributed by atoms with E-state index in [2.05, 4.69) is 5.32 Å². The zero-order valence-electron chi connectivity index (χ0n) is 13.9. The molecule has 21 heavy (non-hydrogen) atoms. The van der Waals surface area contributed by atoms with Crippen LogP contribution in [0.5, 0.6) is 5.75 Å². The maximum absolute atomic E-state index is 12.1. The molecule has 0 aliphatic carbocycles. The number of hydrogen-bond acceptors (Lipinski definition) is 2. The molecule has 0 radical (unpaired) electrons. The molecule has 4 nitrogen and oxygen atoms in total. The van der Waals surface area contributed by atoms with E-state index in [0.29, 0.717) is 19.7 Å². The van der Waals surface area contributed by atoms with Crippen molar-refractivity contribution < 1.29 is 9.53 Å². The monoisotopic (exact) mass is 292 g/mol. The molecule has 0 fully saturated rings. The molecule has 0 atom stereocenters. The first kappa shape index (κ1) is 17.3. The van der Waals surface area contributed by atoms with E-state index in [1.54, 1.807) is 0 Å². The van der Waals surface area contributed by atoms with Gasteiger partial charge in [0.25, 0.3) is 0 Å². The number of carbonyl (C=O) groups is 1. The van der Waals surface area contributed by atoms with Crippen molar-refractivity contribution in [3.8, 4) is 5.75 Å². The van der Waals surface area contributed by atoms with E-state index < -0.39 is 0 Å². The van der Waals surface area contributed by atoms with Crippen LogP contribution in [0, 0.1) is 6.92 Å².